The van der Waals surface area contributed by atoms with Crippen molar-refractivity contribution in [1.29, 1.82) is 0 Å². The Balaban J connectivity index is 1.90. The second kappa shape index (κ2) is 12.3. The van der Waals surface area contributed by atoms with E-state index in [-0.39, 0.29) is 0 Å². The summed E-state index contributed by atoms with van der Waals surface area (Å²) >= 11 is 0. The Morgan fingerprint density at radius 3 is 2.46 bits per heavy atom. The van der Waals surface area contributed by atoms with Crippen molar-refractivity contribution >= 4 is 5.96 Å². The minimum absolute atomic E-state index is 0.619. The molecule has 1 fully saturated rings. The fraction of sp³-hybridized carbons (Fsp3) is 0.650. The zero-order valence-corrected chi connectivity index (χ0v) is 17.5. The van der Waals surface area contributed by atoms with Crippen LogP contribution in [0.5, 0.6) is 17.2 Å². The maximum Gasteiger partial charge on any atom is 0.203 e. The van der Waals surface area contributed by atoms with Gasteiger partial charge in [-0.2, -0.15) is 0 Å². The summed E-state index contributed by atoms with van der Waals surface area (Å²) in [6.45, 7) is 8.93. The number of hydrogen-bond donors (Lipinski definition) is 2. The summed E-state index contributed by atoms with van der Waals surface area (Å²) in [6, 6.07) is 3.91. The lowest BCUT2D eigenvalue weighted by Gasteiger charge is -2.25. The Morgan fingerprint density at radius 1 is 1.07 bits per heavy atom. The van der Waals surface area contributed by atoms with Gasteiger partial charge < -0.3 is 29.6 Å². The molecular formula is C20H34N4O4. The van der Waals surface area contributed by atoms with E-state index in [1.807, 2.05) is 12.1 Å². The van der Waals surface area contributed by atoms with Crippen LogP contribution < -0.4 is 24.8 Å². The summed E-state index contributed by atoms with van der Waals surface area (Å²) < 4.78 is 21.7. The topological polar surface area (TPSA) is 76.6 Å². The molecule has 0 atom stereocenters. The number of methoxy groups -OCH3 is 3. The van der Waals surface area contributed by atoms with Crippen molar-refractivity contribution < 1.29 is 18.9 Å². The number of benzene rings is 1. The molecule has 8 heteroatoms. The van der Waals surface area contributed by atoms with Crippen LogP contribution in [-0.2, 0) is 11.2 Å². The molecular weight excluding hydrogens is 360 g/mol. The van der Waals surface area contributed by atoms with E-state index in [1.54, 1.807) is 21.3 Å². The molecule has 0 aromatic heterocycles. The smallest absolute Gasteiger partial charge is 0.203 e. The predicted octanol–water partition coefficient (Wildman–Crippen LogP) is 1.14. The van der Waals surface area contributed by atoms with Gasteiger partial charge in [0.15, 0.2) is 17.5 Å². The highest BCUT2D eigenvalue weighted by molar-refractivity contribution is 5.79. The van der Waals surface area contributed by atoms with Gasteiger partial charge in [0.2, 0.25) is 5.75 Å². The van der Waals surface area contributed by atoms with Gasteiger partial charge in [0.05, 0.1) is 41.1 Å². The van der Waals surface area contributed by atoms with Gasteiger partial charge in [-0.3, -0.25) is 9.89 Å². The van der Waals surface area contributed by atoms with E-state index < -0.39 is 0 Å². The molecule has 28 heavy (non-hydrogen) atoms. The molecule has 0 unspecified atom stereocenters. The van der Waals surface area contributed by atoms with E-state index in [9.17, 15) is 0 Å². The van der Waals surface area contributed by atoms with Gasteiger partial charge in [-0.25, -0.2) is 0 Å². The quantitative estimate of drug-likeness (QED) is 0.455. The van der Waals surface area contributed by atoms with Crippen molar-refractivity contribution in [2.45, 2.75) is 13.3 Å². The average molecular weight is 395 g/mol. The summed E-state index contributed by atoms with van der Waals surface area (Å²) in [5.74, 6) is 2.82. The normalized spacial score (nSPS) is 15.2. The molecule has 0 saturated carbocycles. The minimum Gasteiger partial charge on any atom is -0.493 e. The zero-order valence-electron chi connectivity index (χ0n) is 17.5. The van der Waals surface area contributed by atoms with Crippen LogP contribution in [0.4, 0.5) is 0 Å². The van der Waals surface area contributed by atoms with Crippen LogP contribution in [0.3, 0.4) is 0 Å². The van der Waals surface area contributed by atoms with E-state index >= 15 is 0 Å². The third kappa shape index (κ3) is 6.45. The number of ether oxygens (including phenoxy) is 4. The van der Waals surface area contributed by atoms with Gasteiger partial charge in [-0.1, -0.05) is 6.07 Å². The number of hydrogen-bond acceptors (Lipinski definition) is 6. The van der Waals surface area contributed by atoms with Crippen molar-refractivity contribution in [2.24, 2.45) is 4.99 Å². The van der Waals surface area contributed by atoms with Gasteiger partial charge in [0, 0.05) is 38.3 Å². The molecule has 2 N–H and O–H groups in total. The van der Waals surface area contributed by atoms with Crippen molar-refractivity contribution in [2.75, 3.05) is 73.8 Å². The standard InChI is InChI=1S/C20H34N4O4/c1-5-21-20(23-10-11-24-12-14-28-15-13-24)22-9-8-16-6-7-17(25-2)19(27-4)18(16)26-3/h6-7H,5,8-15H2,1-4H3,(H2,21,22,23). The van der Waals surface area contributed by atoms with Crippen molar-refractivity contribution in [3.05, 3.63) is 17.7 Å². The number of guanidine groups is 1. The molecule has 2 rings (SSSR count). The first kappa shape index (κ1) is 22.1. The molecule has 0 amide bonds. The molecule has 1 aliphatic heterocycles. The molecule has 1 saturated heterocycles. The van der Waals surface area contributed by atoms with Crippen LogP contribution in [-0.4, -0.2) is 84.7 Å². The third-order valence-electron chi connectivity index (χ3n) is 4.61. The molecule has 1 aliphatic rings. The Kier molecular flexibility index (Phi) is 9.71. The Labute approximate surface area is 168 Å². The number of aliphatic imine (C=N–C) groups is 1. The highest BCUT2D eigenvalue weighted by Crippen LogP contribution is 2.39. The lowest BCUT2D eigenvalue weighted by molar-refractivity contribution is 0.0394. The SMILES string of the molecule is CCNC(=NCCN1CCOCC1)NCCc1ccc(OC)c(OC)c1OC. The first-order chi connectivity index (χ1) is 13.7. The third-order valence-corrected chi connectivity index (χ3v) is 4.61. The van der Waals surface area contributed by atoms with Gasteiger partial charge in [-0.15, -0.1) is 0 Å². The Hall–Kier alpha value is -2.19. The van der Waals surface area contributed by atoms with Crippen LogP contribution in [0.1, 0.15) is 12.5 Å². The first-order valence-corrected chi connectivity index (χ1v) is 9.83. The highest BCUT2D eigenvalue weighted by Gasteiger charge is 2.15. The van der Waals surface area contributed by atoms with Crippen LogP contribution in [0.25, 0.3) is 0 Å². The molecule has 1 aromatic rings. The van der Waals surface area contributed by atoms with Crippen LogP contribution in [0, 0.1) is 0 Å². The van der Waals surface area contributed by atoms with Gasteiger partial charge in [-0.05, 0) is 19.4 Å². The number of morpholine rings is 1. The second-order valence-electron chi connectivity index (χ2n) is 6.38. The first-order valence-electron chi connectivity index (χ1n) is 9.83. The molecule has 1 aromatic carbocycles. The maximum absolute atomic E-state index is 5.55. The van der Waals surface area contributed by atoms with E-state index in [1.165, 1.54) is 0 Å². The molecule has 0 bridgehead atoms. The number of nitrogens with one attached hydrogen (secondary N) is 2. The van der Waals surface area contributed by atoms with Gasteiger partial charge in [0.25, 0.3) is 0 Å². The van der Waals surface area contributed by atoms with Gasteiger partial charge in [0.1, 0.15) is 0 Å². The van der Waals surface area contributed by atoms with Crippen LogP contribution in [0.15, 0.2) is 17.1 Å². The lowest BCUT2D eigenvalue weighted by atomic mass is 10.1. The fourth-order valence-corrected chi connectivity index (χ4v) is 3.15. The predicted molar refractivity (Wildman–Crippen MR) is 111 cm³/mol. The highest BCUT2D eigenvalue weighted by atomic mass is 16.5. The molecule has 158 valence electrons. The van der Waals surface area contributed by atoms with Crippen LogP contribution in [0.2, 0.25) is 0 Å². The Bertz CT molecular complexity index is 618. The maximum atomic E-state index is 5.55. The number of rotatable bonds is 10. The Morgan fingerprint density at radius 2 is 1.82 bits per heavy atom. The van der Waals surface area contributed by atoms with E-state index in [0.717, 1.165) is 70.4 Å². The summed E-state index contributed by atoms with van der Waals surface area (Å²) in [7, 11) is 4.88. The second-order valence-corrected chi connectivity index (χ2v) is 6.38. The van der Waals surface area contributed by atoms with E-state index in [0.29, 0.717) is 17.2 Å². The number of nitrogens with zero attached hydrogens (tertiary/aromatic N) is 2. The van der Waals surface area contributed by atoms with Crippen LogP contribution >= 0.6 is 0 Å². The summed E-state index contributed by atoms with van der Waals surface area (Å²) in [5, 5.41) is 6.69. The largest absolute Gasteiger partial charge is 0.493 e. The average Bonchev–Trinajstić information content (AvgIpc) is 2.73. The minimum atomic E-state index is 0.619. The zero-order chi connectivity index (χ0) is 20.2. The van der Waals surface area contributed by atoms with E-state index in [2.05, 4.69) is 27.4 Å². The summed E-state index contributed by atoms with van der Waals surface area (Å²) in [4.78, 5) is 7.06. The fourth-order valence-electron chi connectivity index (χ4n) is 3.15. The molecule has 0 radical (unpaired) electrons. The van der Waals surface area contributed by atoms with Gasteiger partial charge >= 0.3 is 0 Å². The summed E-state index contributed by atoms with van der Waals surface area (Å²) in [6.07, 6.45) is 0.775. The van der Waals surface area contributed by atoms with Crippen molar-refractivity contribution in [3.8, 4) is 17.2 Å². The molecule has 8 nitrogen and oxygen atoms in total. The lowest BCUT2D eigenvalue weighted by Crippen LogP contribution is -2.40. The van der Waals surface area contributed by atoms with Crippen molar-refractivity contribution in [1.82, 2.24) is 15.5 Å². The molecule has 1 heterocycles. The molecule has 0 spiro atoms. The monoisotopic (exact) mass is 394 g/mol. The summed E-state index contributed by atoms with van der Waals surface area (Å²) in [5.41, 5.74) is 1.05. The van der Waals surface area contributed by atoms with Crippen molar-refractivity contribution in [3.63, 3.8) is 0 Å². The molecule has 0 aliphatic carbocycles. The van der Waals surface area contributed by atoms with E-state index in [4.69, 9.17) is 18.9 Å².